The van der Waals surface area contributed by atoms with Crippen LogP contribution in [0.1, 0.15) is 18.9 Å². The predicted octanol–water partition coefficient (Wildman–Crippen LogP) is 3.89. The van der Waals surface area contributed by atoms with Crippen molar-refractivity contribution in [1.82, 2.24) is 0 Å². The van der Waals surface area contributed by atoms with E-state index in [9.17, 15) is 4.79 Å². The number of rotatable bonds is 6. The molecule has 0 aliphatic heterocycles. The van der Waals surface area contributed by atoms with Crippen LogP contribution in [0.3, 0.4) is 0 Å². The number of hydrogen-bond donors (Lipinski definition) is 1. The smallest absolute Gasteiger partial charge is 0.328 e. The van der Waals surface area contributed by atoms with Crippen LogP contribution in [0.5, 0.6) is 5.75 Å². The van der Waals surface area contributed by atoms with Gasteiger partial charge in [-0.2, -0.15) is 0 Å². The summed E-state index contributed by atoms with van der Waals surface area (Å²) in [5.41, 5.74) is 1.78. The van der Waals surface area contributed by atoms with Gasteiger partial charge in [-0.3, -0.25) is 0 Å². The van der Waals surface area contributed by atoms with E-state index >= 15 is 0 Å². The molecule has 0 unspecified atom stereocenters. The van der Waals surface area contributed by atoms with Crippen LogP contribution in [0.15, 0.2) is 40.9 Å². The minimum absolute atomic E-state index is 0.533. The lowest BCUT2D eigenvalue weighted by Crippen LogP contribution is -1.99. The summed E-state index contributed by atoms with van der Waals surface area (Å²) in [5.74, 6) is -0.320. The highest BCUT2D eigenvalue weighted by Gasteiger charge is 2.02. The zero-order valence-electron chi connectivity index (χ0n) is 10.1. The summed E-state index contributed by atoms with van der Waals surface area (Å²) < 4.78 is 6.48. The largest absolute Gasteiger partial charge is 0.493 e. The van der Waals surface area contributed by atoms with E-state index in [2.05, 4.69) is 22.5 Å². The number of benzene rings is 1. The average Bonchev–Trinajstić information content (AvgIpc) is 2.28. The van der Waals surface area contributed by atoms with E-state index in [0.717, 1.165) is 28.1 Å². The fourth-order valence-corrected chi connectivity index (χ4v) is 1.66. The van der Waals surface area contributed by atoms with Crippen molar-refractivity contribution in [1.29, 1.82) is 0 Å². The van der Waals surface area contributed by atoms with Gasteiger partial charge in [0.1, 0.15) is 5.75 Å². The highest BCUT2D eigenvalue weighted by molar-refractivity contribution is 9.10. The van der Waals surface area contributed by atoms with Gasteiger partial charge in [0, 0.05) is 22.5 Å². The molecule has 0 aromatic heterocycles. The summed E-state index contributed by atoms with van der Waals surface area (Å²) in [4.78, 5) is 10.5. The van der Waals surface area contributed by atoms with Crippen molar-refractivity contribution in [2.24, 2.45) is 0 Å². The van der Waals surface area contributed by atoms with Gasteiger partial charge in [0.05, 0.1) is 6.61 Å². The van der Waals surface area contributed by atoms with E-state index in [-0.39, 0.29) is 0 Å². The van der Waals surface area contributed by atoms with E-state index in [0.29, 0.717) is 12.4 Å². The van der Waals surface area contributed by atoms with Crippen molar-refractivity contribution in [2.45, 2.75) is 13.3 Å². The van der Waals surface area contributed by atoms with Crippen LogP contribution < -0.4 is 4.74 Å². The highest BCUT2D eigenvalue weighted by Crippen LogP contribution is 2.24. The van der Waals surface area contributed by atoms with E-state index in [1.54, 1.807) is 0 Å². The lowest BCUT2D eigenvalue weighted by Gasteiger charge is -2.09. The third kappa shape index (κ3) is 5.19. The quantitative estimate of drug-likeness (QED) is 0.640. The molecule has 0 atom stereocenters. The Morgan fingerprint density at radius 2 is 2.28 bits per heavy atom. The minimum Gasteiger partial charge on any atom is -0.493 e. The molecule has 0 fully saturated rings. The zero-order chi connectivity index (χ0) is 13.5. The van der Waals surface area contributed by atoms with Crippen LogP contribution in [0.2, 0.25) is 0 Å². The maximum atomic E-state index is 10.5. The molecule has 0 amide bonds. The SMILES string of the molecule is C=C(C)CCOc1ccc(Br)cc1/C=C/C(=O)O. The van der Waals surface area contributed by atoms with E-state index in [1.807, 2.05) is 25.1 Å². The second-order valence-corrected chi connectivity index (χ2v) is 4.82. The number of aliphatic carboxylic acids is 1. The lowest BCUT2D eigenvalue weighted by atomic mass is 10.2. The first-order valence-corrected chi connectivity index (χ1v) is 6.26. The molecule has 4 heteroatoms. The predicted molar refractivity (Wildman–Crippen MR) is 75.7 cm³/mol. The van der Waals surface area contributed by atoms with E-state index < -0.39 is 5.97 Å². The molecule has 0 radical (unpaired) electrons. The van der Waals surface area contributed by atoms with Gasteiger partial charge in [0.25, 0.3) is 0 Å². The second-order valence-electron chi connectivity index (χ2n) is 3.91. The standard InChI is InChI=1S/C14H15BrO3/c1-10(2)7-8-18-13-5-4-12(15)9-11(13)3-6-14(16)17/h3-6,9H,1,7-8H2,2H3,(H,16,17)/b6-3+. The maximum absolute atomic E-state index is 10.5. The maximum Gasteiger partial charge on any atom is 0.328 e. The first-order chi connectivity index (χ1) is 8.49. The molecule has 0 aliphatic rings. The summed E-state index contributed by atoms with van der Waals surface area (Å²) in [6.45, 7) is 6.28. The van der Waals surface area contributed by atoms with Gasteiger partial charge < -0.3 is 9.84 Å². The molecule has 0 spiro atoms. The van der Waals surface area contributed by atoms with Crippen LogP contribution in [0, 0.1) is 0 Å². The van der Waals surface area contributed by atoms with Crippen LogP contribution in [0.25, 0.3) is 6.08 Å². The van der Waals surface area contributed by atoms with Crippen molar-refractivity contribution in [3.05, 3.63) is 46.5 Å². The fraction of sp³-hybridized carbons (Fsp3) is 0.214. The normalized spacial score (nSPS) is 10.6. The lowest BCUT2D eigenvalue weighted by molar-refractivity contribution is -0.131. The molecule has 0 heterocycles. The number of carboxylic acid groups (broad SMARTS) is 1. The Morgan fingerprint density at radius 3 is 2.89 bits per heavy atom. The summed E-state index contributed by atoms with van der Waals surface area (Å²) >= 11 is 3.34. The van der Waals surface area contributed by atoms with Crippen molar-refractivity contribution in [3.63, 3.8) is 0 Å². The van der Waals surface area contributed by atoms with Gasteiger partial charge in [-0.25, -0.2) is 4.79 Å². The Hall–Kier alpha value is -1.55. The van der Waals surface area contributed by atoms with Gasteiger partial charge in [-0.15, -0.1) is 6.58 Å². The molecule has 1 rings (SSSR count). The molecular formula is C14H15BrO3. The number of carbonyl (C=O) groups is 1. The number of ether oxygens (including phenoxy) is 1. The van der Waals surface area contributed by atoms with Crippen LogP contribution in [-0.4, -0.2) is 17.7 Å². The van der Waals surface area contributed by atoms with Crippen molar-refractivity contribution in [3.8, 4) is 5.75 Å². The molecule has 96 valence electrons. The number of carboxylic acids is 1. The van der Waals surface area contributed by atoms with Gasteiger partial charge >= 0.3 is 5.97 Å². The van der Waals surface area contributed by atoms with Gasteiger partial charge in [-0.05, 0) is 31.2 Å². The molecule has 0 aliphatic carbocycles. The van der Waals surface area contributed by atoms with Crippen molar-refractivity contribution in [2.75, 3.05) is 6.61 Å². The van der Waals surface area contributed by atoms with E-state index in [1.165, 1.54) is 6.08 Å². The molecule has 1 aromatic rings. The Bertz CT molecular complexity index is 478. The van der Waals surface area contributed by atoms with Crippen LogP contribution in [0.4, 0.5) is 0 Å². The van der Waals surface area contributed by atoms with Crippen LogP contribution in [-0.2, 0) is 4.79 Å². The first-order valence-electron chi connectivity index (χ1n) is 5.47. The zero-order valence-corrected chi connectivity index (χ0v) is 11.7. The van der Waals surface area contributed by atoms with E-state index in [4.69, 9.17) is 9.84 Å². The first kappa shape index (κ1) is 14.5. The summed E-state index contributed by atoms with van der Waals surface area (Å²) in [6.07, 6.45) is 3.38. The van der Waals surface area contributed by atoms with Crippen molar-refractivity contribution >= 4 is 28.0 Å². The average molecular weight is 311 g/mol. The Labute approximate surface area is 115 Å². The monoisotopic (exact) mass is 310 g/mol. The molecule has 0 bridgehead atoms. The minimum atomic E-state index is -0.983. The molecule has 1 N–H and O–H groups in total. The summed E-state index contributed by atoms with van der Waals surface area (Å²) in [6, 6.07) is 5.48. The number of halogens is 1. The third-order valence-electron chi connectivity index (χ3n) is 2.16. The Kier molecular flexibility index (Phi) is 5.65. The van der Waals surface area contributed by atoms with Gasteiger partial charge in [-0.1, -0.05) is 21.5 Å². The van der Waals surface area contributed by atoms with Crippen LogP contribution >= 0.6 is 15.9 Å². The summed E-state index contributed by atoms with van der Waals surface area (Å²) in [7, 11) is 0. The third-order valence-corrected chi connectivity index (χ3v) is 2.66. The topological polar surface area (TPSA) is 46.5 Å². The molecule has 3 nitrogen and oxygen atoms in total. The summed E-state index contributed by atoms with van der Waals surface area (Å²) in [5, 5.41) is 8.63. The highest BCUT2D eigenvalue weighted by atomic mass is 79.9. The Morgan fingerprint density at radius 1 is 1.56 bits per heavy atom. The van der Waals surface area contributed by atoms with Gasteiger partial charge in [0.15, 0.2) is 0 Å². The fourth-order valence-electron chi connectivity index (χ4n) is 1.28. The molecule has 1 aromatic carbocycles. The molecule has 18 heavy (non-hydrogen) atoms. The second kappa shape index (κ2) is 7.01. The van der Waals surface area contributed by atoms with Crippen molar-refractivity contribution < 1.29 is 14.6 Å². The molecular weight excluding hydrogens is 296 g/mol. The number of hydrogen-bond acceptors (Lipinski definition) is 2. The molecule has 0 saturated carbocycles. The Balaban J connectivity index is 2.82. The van der Waals surface area contributed by atoms with Gasteiger partial charge in [0.2, 0.25) is 0 Å². The molecule has 0 saturated heterocycles.